The van der Waals surface area contributed by atoms with E-state index in [4.69, 9.17) is 0 Å². The van der Waals surface area contributed by atoms with Crippen molar-refractivity contribution in [1.82, 2.24) is 0 Å². The average molecular weight is 570 g/mol. The van der Waals surface area contributed by atoms with Crippen LogP contribution in [0, 0.1) is 0 Å². The average Bonchev–Trinajstić information content (AvgIpc) is 3.00. The molecule has 0 radical (unpaired) electrons. The predicted octanol–water partition coefficient (Wildman–Crippen LogP) is 11.6. The van der Waals surface area contributed by atoms with Gasteiger partial charge in [0.1, 0.15) is 0 Å². The summed E-state index contributed by atoms with van der Waals surface area (Å²) >= 11 is 5.35. The Kier molecular flexibility index (Phi) is 8.59. The molecule has 0 atom stereocenters. The topological polar surface area (TPSA) is 3.24 Å². The van der Waals surface area contributed by atoms with Gasteiger partial charge in [0.2, 0.25) is 0 Å². The normalized spacial score (nSPS) is 10.8. The van der Waals surface area contributed by atoms with E-state index >= 15 is 0 Å². The molecular weight excluding hydrogens is 543 g/mol. The first kappa shape index (κ1) is 26.4. The molecule has 0 fully saturated rings. The second-order valence-corrected chi connectivity index (χ2v) is 12.5. The molecule has 0 unspecified atom stereocenters. The Morgan fingerprint density at radius 2 is 0.550 bits per heavy atom. The first-order chi connectivity index (χ1) is 19.8. The van der Waals surface area contributed by atoms with Crippen LogP contribution < -0.4 is 4.90 Å². The molecule has 1 nitrogen and oxygen atoms in total. The van der Waals surface area contributed by atoms with Crippen molar-refractivity contribution in [2.75, 3.05) is 4.90 Å². The van der Waals surface area contributed by atoms with Crippen LogP contribution in [-0.4, -0.2) is 0 Å². The van der Waals surface area contributed by atoms with Gasteiger partial charge in [-0.1, -0.05) is 108 Å². The van der Waals surface area contributed by atoms with Gasteiger partial charge in [0, 0.05) is 46.4 Å². The molecule has 0 heterocycles. The minimum Gasteiger partial charge on any atom is -0.310 e. The van der Waals surface area contributed by atoms with Crippen LogP contribution in [0.4, 0.5) is 17.1 Å². The number of rotatable bonds is 9. The summed E-state index contributed by atoms with van der Waals surface area (Å²) in [4.78, 5) is 9.67. The highest BCUT2D eigenvalue weighted by molar-refractivity contribution is 7.99. The fourth-order valence-corrected chi connectivity index (χ4v) is 7.05. The fraction of sp³-hybridized carbons (Fsp3) is 0. The molecule has 0 bridgehead atoms. The molecule has 0 aliphatic carbocycles. The molecule has 6 aromatic carbocycles. The van der Waals surface area contributed by atoms with E-state index in [1.807, 2.05) is 0 Å². The third-order valence-electron chi connectivity index (χ3n) is 6.16. The quantitative estimate of drug-likeness (QED) is 0.170. The molecule has 0 aliphatic rings. The Bertz CT molecular complexity index is 1470. The number of nitrogens with zero attached hydrogens (tertiary/aromatic N) is 1. The predicted molar refractivity (Wildman–Crippen MR) is 173 cm³/mol. The van der Waals surface area contributed by atoms with Crippen LogP contribution in [-0.2, 0) is 0 Å². The monoisotopic (exact) mass is 569 g/mol. The molecule has 0 spiro atoms. The zero-order valence-electron chi connectivity index (χ0n) is 21.8. The van der Waals surface area contributed by atoms with Crippen molar-refractivity contribution in [3.63, 3.8) is 0 Å². The zero-order chi connectivity index (χ0) is 27.0. The van der Waals surface area contributed by atoms with E-state index in [1.165, 1.54) is 29.4 Å². The molecular formula is C36H27NS3. The third kappa shape index (κ3) is 6.83. The molecule has 0 aromatic heterocycles. The summed E-state index contributed by atoms with van der Waals surface area (Å²) < 4.78 is 0. The van der Waals surface area contributed by atoms with Crippen LogP contribution in [0.25, 0.3) is 0 Å². The Morgan fingerprint density at radius 3 is 0.850 bits per heavy atom. The highest BCUT2D eigenvalue weighted by Gasteiger charge is 2.15. The summed E-state index contributed by atoms with van der Waals surface area (Å²) in [5.74, 6) is 0. The number of anilines is 3. The lowest BCUT2D eigenvalue weighted by atomic mass is 10.2. The van der Waals surface area contributed by atoms with Gasteiger partial charge in [0.05, 0.1) is 0 Å². The van der Waals surface area contributed by atoms with Crippen molar-refractivity contribution in [1.29, 1.82) is 0 Å². The maximum atomic E-state index is 2.36. The van der Waals surface area contributed by atoms with E-state index in [0.29, 0.717) is 0 Å². The second kappa shape index (κ2) is 13.0. The largest absolute Gasteiger partial charge is 0.310 e. The highest BCUT2D eigenvalue weighted by atomic mass is 32.2. The van der Waals surface area contributed by atoms with Crippen LogP contribution in [0.15, 0.2) is 193 Å². The maximum Gasteiger partial charge on any atom is 0.0472 e. The lowest BCUT2D eigenvalue weighted by Crippen LogP contribution is -2.10. The van der Waals surface area contributed by atoms with Gasteiger partial charge < -0.3 is 4.90 Å². The van der Waals surface area contributed by atoms with Gasteiger partial charge in [0.15, 0.2) is 0 Å². The molecule has 40 heavy (non-hydrogen) atoms. The summed E-state index contributed by atoms with van der Waals surface area (Å²) in [6.45, 7) is 0. The Morgan fingerprint density at radius 1 is 0.275 bits per heavy atom. The van der Waals surface area contributed by atoms with E-state index in [2.05, 4.69) is 169 Å². The molecule has 194 valence electrons. The van der Waals surface area contributed by atoms with Gasteiger partial charge >= 0.3 is 0 Å². The summed E-state index contributed by atoms with van der Waals surface area (Å²) in [5.41, 5.74) is 3.39. The van der Waals surface area contributed by atoms with Crippen molar-refractivity contribution in [3.05, 3.63) is 164 Å². The van der Waals surface area contributed by atoms with Gasteiger partial charge in [-0.25, -0.2) is 0 Å². The molecule has 4 heteroatoms. The standard InChI is InChI=1S/C36H27NS3/c1-4-16-31(17-5-1)38-34-22-10-13-28(25-34)37(29-14-11-23-35(26-29)39-32-18-6-2-7-19-32)30-15-12-24-36(27-30)40-33-20-8-3-9-21-33/h1-27H. The Labute approximate surface area is 249 Å². The summed E-state index contributed by atoms with van der Waals surface area (Å²) in [7, 11) is 0. The smallest absolute Gasteiger partial charge is 0.0472 e. The SMILES string of the molecule is c1ccc(Sc2cccc(N(c3cccc(Sc4ccccc4)c3)c3cccc(Sc4ccccc4)c3)c2)cc1. The minimum atomic E-state index is 1.13. The number of hydrogen-bond donors (Lipinski definition) is 0. The summed E-state index contributed by atoms with van der Waals surface area (Å²) in [6.07, 6.45) is 0. The molecule has 0 N–H and O–H groups in total. The van der Waals surface area contributed by atoms with Crippen molar-refractivity contribution in [3.8, 4) is 0 Å². The van der Waals surface area contributed by atoms with Gasteiger partial charge in [-0.05, 0) is 91.0 Å². The van der Waals surface area contributed by atoms with Gasteiger partial charge in [-0.2, -0.15) is 0 Å². The molecule has 0 amide bonds. The molecule has 6 rings (SSSR count). The Balaban J connectivity index is 1.39. The Hall–Kier alpha value is -3.83. The van der Waals surface area contributed by atoms with Crippen LogP contribution in [0.2, 0.25) is 0 Å². The van der Waals surface area contributed by atoms with Crippen molar-refractivity contribution < 1.29 is 0 Å². The molecule has 0 saturated heterocycles. The minimum absolute atomic E-state index is 1.13. The number of hydrogen-bond acceptors (Lipinski definition) is 4. The van der Waals surface area contributed by atoms with E-state index in [0.717, 1.165) is 17.1 Å². The first-order valence-electron chi connectivity index (χ1n) is 13.1. The maximum absolute atomic E-state index is 2.36. The lowest BCUT2D eigenvalue weighted by molar-refractivity contribution is 1.23. The van der Waals surface area contributed by atoms with Gasteiger partial charge in [0.25, 0.3) is 0 Å². The summed E-state index contributed by atoms with van der Waals surface area (Å²) in [5, 5.41) is 0. The van der Waals surface area contributed by atoms with Crippen molar-refractivity contribution in [2.24, 2.45) is 0 Å². The van der Waals surface area contributed by atoms with E-state index < -0.39 is 0 Å². The van der Waals surface area contributed by atoms with Gasteiger partial charge in [-0.15, -0.1) is 0 Å². The van der Waals surface area contributed by atoms with Gasteiger partial charge in [-0.3, -0.25) is 0 Å². The van der Waals surface area contributed by atoms with Crippen LogP contribution in [0.3, 0.4) is 0 Å². The molecule has 0 aliphatic heterocycles. The first-order valence-corrected chi connectivity index (χ1v) is 15.5. The van der Waals surface area contributed by atoms with Crippen molar-refractivity contribution >= 4 is 52.3 Å². The van der Waals surface area contributed by atoms with E-state index in [1.54, 1.807) is 35.3 Å². The van der Waals surface area contributed by atoms with Crippen LogP contribution >= 0.6 is 35.3 Å². The van der Waals surface area contributed by atoms with E-state index in [9.17, 15) is 0 Å². The number of benzene rings is 6. The fourth-order valence-electron chi connectivity index (χ4n) is 4.38. The third-order valence-corrected chi connectivity index (χ3v) is 9.16. The second-order valence-electron chi connectivity index (χ2n) is 9.07. The van der Waals surface area contributed by atoms with Crippen LogP contribution in [0.1, 0.15) is 0 Å². The zero-order valence-corrected chi connectivity index (χ0v) is 24.2. The lowest BCUT2D eigenvalue weighted by Gasteiger charge is -2.27. The molecule has 6 aromatic rings. The summed E-state index contributed by atoms with van der Waals surface area (Å²) in [6, 6.07) is 58.1. The van der Waals surface area contributed by atoms with E-state index in [-0.39, 0.29) is 0 Å². The van der Waals surface area contributed by atoms with Crippen molar-refractivity contribution in [2.45, 2.75) is 29.4 Å². The van der Waals surface area contributed by atoms with Crippen LogP contribution in [0.5, 0.6) is 0 Å². The molecule has 0 saturated carbocycles. The highest BCUT2D eigenvalue weighted by Crippen LogP contribution is 2.41.